The van der Waals surface area contributed by atoms with Crippen molar-refractivity contribution in [1.82, 2.24) is 15.2 Å². The van der Waals surface area contributed by atoms with E-state index < -0.39 is 0 Å². The van der Waals surface area contributed by atoms with Gasteiger partial charge in [-0.25, -0.2) is 0 Å². The summed E-state index contributed by atoms with van der Waals surface area (Å²) in [6, 6.07) is 13.9. The Morgan fingerprint density at radius 2 is 2.09 bits per heavy atom. The van der Waals surface area contributed by atoms with Crippen LogP contribution in [0.2, 0.25) is 0 Å². The fourth-order valence-corrected chi connectivity index (χ4v) is 3.31. The van der Waals surface area contributed by atoms with Crippen molar-refractivity contribution in [3.8, 4) is 11.3 Å². The second kappa shape index (κ2) is 7.47. The predicted molar refractivity (Wildman–Crippen MR) is 93.4 cm³/mol. The van der Waals surface area contributed by atoms with Crippen LogP contribution in [0.15, 0.2) is 42.5 Å². The Morgan fingerprint density at radius 1 is 1.26 bits per heavy atom. The van der Waals surface area contributed by atoms with Crippen molar-refractivity contribution in [2.24, 2.45) is 5.92 Å². The van der Waals surface area contributed by atoms with Crippen LogP contribution in [0.5, 0.6) is 0 Å². The highest BCUT2D eigenvalue weighted by molar-refractivity contribution is 5.93. The summed E-state index contributed by atoms with van der Waals surface area (Å²) in [5.41, 5.74) is 2.70. The summed E-state index contributed by atoms with van der Waals surface area (Å²) in [6.45, 7) is 3.10. The quantitative estimate of drug-likeness (QED) is 0.891. The zero-order chi connectivity index (χ0) is 16.1. The Hall–Kier alpha value is -2.07. The Morgan fingerprint density at radius 3 is 2.87 bits per heavy atom. The van der Waals surface area contributed by atoms with Gasteiger partial charge in [-0.1, -0.05) is 30.3 Å². The van der Waals surface area contributed by atoms with E-state index >= 15 is 0 Å². The summed E-state index contributed by atoms with van der Waals surface area (Å²) < 4.78 is 0. The first kappa shape index (κ1) is 15.8. The zero-order valence-electron chi connectivity index (χ0n) is 13.7. The summed E-state index contributed by atoms with van der Waals surface area (Å²) in [6.07, 6.45) is 3.61. The first-order chi connectivity index (χ1) is 11.2. The van der Waals surface area contributed by atoms with E-state index in [-0.39, 0.29) is 5.91 Å². The number of hydrogen-bond donors (Lipinski definition) is 2. The van der Waals surface area contributed by atoms with E-state index in [2.05, 4.69) is 22.2 Å². The molecule has 0 radical (unpaired) electrons. The van der Waals surface area contributed by atoms with Crippen molar-refractivity contribution in [1.29, 1.82) is 0 Å². The summed E-state index contributed by atoms with van der Waals surface area (Å²) in [4.78, 5) is 17.8. The minimum Gasteiger partial charge on any atom is -0.351 e. The molecule has 0 spiro atoms. The highest BCUT2D eigenvalue weighted by Gasteiger charge is 2.17. The number of nitrogens with zero attached hydrogens (tertiary/aromatic N) is 1. The second-order valence-electron chi connectivity index (χ2n) is 6.47. The van der Waals surface area contributed by atoms with E-state index in [4.69, 9.17) is 0 Å². The third-order valence-electron chi connectivity index (χ3n) is 4.58. The SMILES string of the molecule is CN1CCCC(CCNC(=O)c2ccc(-c3ccccc3)[nH]2)C1. The summed E-state index contributed by atoms with van der Waals surface area (Å²) >= 11 is 0. The van der Waals surface area contributed by atoms with Crippen LogP contribution in [-0.4, -0.2) is 42.5 Å². The number of amides is 1. The zero-order valence-corrected chi connectivity index (χ0v) is 13.7. The minimum atomic E-state index is -0.0173. The molecule has 1 aromatic heterocycles. The van der Waals surface area contributed by atoms with Gasteiger partial charge in [-0.05, 0) is 56.5 Å². The van der Waals surface area contributed by atoms with Gasteiger partial charge in [-0.15, -0.1) is 0 Å². The molecule has 1 amide bonds. The maximum atomic E-state index is 12.2. The number of nitrogens with one attached hydrogen (secondary N) is 2. The van der Waals surface area contributed by atoms with Crippen LogP contribution in [0.3, 0.4) is 0 Å². The van der Waals surface area contributed by atoms with Crippen LogP contribution < -0.4 is 5.32 Å². The average Bonchev–Trinajstić information content (AvgIpc) is 3.06. The van der Waals surface area contributed by atoms with Gasteiger partial charge in [-0.3, -0.25) is 4.79 Å². The topological polar surface area (TPSA) is 48.1 Å². The molecule has 0 saturated carbocycles. The third kappa shape index (κ3) is 4.23. The van der Waals surface area contributed by atoms with Gasteiger partial charge in [0.1, 0.15) is 5.69 Å². The van der Waals surface area contributed by atoms with Gasteiger partial charge in [0.25, 0.3) is 5.91 Å². The van der Waals surface area contributed by atoms with E-state index in [1.807, 2.05) is 42.5 Å². The van der Waals surface area contributed by atoms with E-state index in [0.717, 1.165) is 30.8 Å². The summed E-state index contributed by atoms with van der Waals surface area (Å²) in [7, 11) is 2.18. The molecule has 23 heavy (non-hydrogen) atoms. The molecule has 0 aliphatic carbocycles. The molecule has 1 saturated heterocycles. The molecule has 1 fully saturated rings. The van der Waals surface area contributed by atoms with E-state index in [9.17, 15) is 4.79 Å². The monoisotopic (exact) mass is 311 g/mol. The van der Waals surface area contributed by atoms with Crippen molar-refractivity contribution in [2.75, 3.05) is 26.7 Å². The van der Waals surface area contributed by atoms with Crippen LogP contribution in [0.4, 0.5) is 0 Å². The van der Waals surface area contributed by atoms with Crippen molar-refractivity contribution >= 4 is 5.91 Å². The Kier molecular flexibility index (Phi) is 5.13. The largest absolute Gasteiger partial charge is 0.351 e. The number of H-pyrrole nitrogens is 1. The number of rotatable bonds is 5. The van der Waals surface area contributed by atoms with E-state index in [1.54, 1.807) is 0 Å². The number of hydrogen-bond acceptors (Lipinski definition) is 2. The van der Waals surface area contributed by atoms with Gasteiger partial charge in [0.2, 0.25) is 0 Å². The molecule has 2 heterocycles. The molecular formula is C19H25N3O. The minimum absolute atomic E-state index is 0.0173. The Labute approximate surface area is 137 Å². The van der Waals surface area contributed by atoms with Crippen molar-refractivity contribution in [3.63, 3.8) is 0 Å². The molecule has 1 atom stereocenters. The lowest BCUT2D eigenvalue weighted by Gasteiger charge is -2.29. The lowest BCUT2D eigenvalue weighted by Crippen LogP contribution is -2.34. The lowest BCUT2D eigenvalue weighted by atomic mass is 9.95. The highest BCUT2D eigenvalue weighted by atomic mass is 16.1. The normalized spacial score (nSPS) is 18.7. The Balaban J connectivity index is 1.50. The standard InChI is InChI=1S/C19H25N3O/c1-22-13-5-6-15(14-22)11-12-20-19(23)18-10-9-17(21-18)16-7-3-2-4-8-16/h2-4,7-10,15,21H,5-6,11-14H2,1H3,(H,20,23). The van der Waals surface area contributed by atoms with Crippen LogP contribution in [0.25, 0.3) is 11.3 Å². The first-order valence-corrected chi connectivity index (χ1v) is 8.43. The molecule has 3 rings (SSSR count). The van der Waals surface area contributed by atoms with E-state index in [1.165, 1.54) is 19.4 Å². The van der Waals surface area contributed by atoms with Crippen molar-refractivity contribution in [3.05, 3.63) is 48.2 Å². The van der Waals surface area contributed by atoms with E-state index in [0.29, 0.717) is 11.6 Å². The maximum Gasteiger partial charge on any atom is 0.267 e. The fraction of sp³-hybridized carbons (Fsp3) is 0.421. The van der Waals surface area contributed by atoms with Crippen LogP contribution in [-0.2, 0) is 0 Å². The number of benzene rings is 1. The highest BCUT2D eigenvalue weighted by Crippen LogP contribution is 2.19. The average molecular weight is 311 g/mol. The number of aromatic nitrogens is 1. The molecule has 1 aromatic carbocycles. The van der Waals surface area contributed by atoms with Gasteiger partial charge in [-0.2, -0.15) is 0 Å². The number of aromatic amines is 1. The molecule has 2 aromatic rings. The number of likely N-dealkylation sites (tertiary alicyclic amines) is 1. The maximum absolute atomic E-state index is 12.2. The molecule has 2 N–H and O–H groups in total. The fourth-order valence-electron chi connectivity index (χ4n) is 3.31. The van der Waals surface area contributed by atoms with Crippen molar-refractivity contribution in [2.45, 2.75) is 19.3 Å². The van der Waals surface area contributed by atoms with Gasteiger partial charge in [0.05, 0.1) is 0 Å². The molecular weight excluding hydrogens is 286 g/mol. The van der Waals surface area contributed by atoms with Gasteiger partial charge < -0.3 is 15.2 Å². The number of carbonyl (C=O) groups is 1. The number of carbonyl (C=O) groups excluding carboxylic acids is 1. The predicted octanol–water partition coefficient (Wildman–Crippen LogP) is 3.14. The molecule has 1 aliphatic heterocycles. The van der Waals surface area contributed by atoms with Crippen LogP contribution in [0.1, 0.15) is 29.8 Å². The van der Waals surface area contributed by atoms with Crippen molar-refractivity contribution < 1.29 is 4.79 Å². The molecule has 0 bridgehead atoms. The molecule has 122 valence electrons. The molecule has 4 nitrogen and oxygen atoms in total. The summed E-state index contributed by atoms with van der Waals surface area (Å²) in [5, 5.41) is 3.04. The van der Waals surface area contributed by atoms with Crippen LogP contribution in [0, 0.1) is 5.92 Å². The summed E-state index contributed by atoms with van der Waals surface area (Å²) in [5.74, 6) is 0.689. The third-order valence-corrected chi connectivity index (χ3v) is 4.58. The molecule has 1 unspecified atom stereocenters. The first-order valence-electron chi connectivity index (χ1n) is 8.43. The lowest BCUT2D eigenvalue weighted by molar-refractivity contribution is 0.0944. The molecule has 4 heteroatoms. The molecule has 1 aliphatic rings. The number of piperidine rings is 1. The van der Waals surface area contributed by atoms with Gasteiger partial charge >= 0.3 is 0 Å². The van der Waals surface area contributed by atoms with Gasteiger partial charge in [0.15, 0.2) is 0 Å². The van der Waals surface area contributed by atoms with Crippen LogP contribution >= 0.6 is 0 Å². The smallest absolute Gasteiger partial charge is 0.267 e. The second-order valence-corrected chi connectivity index (χ2v) is 6.47. The van der Waals surface area contributed by atoms with Gasteiger partial charge in [0, 0.05) is 18.8 Å². The Bertz CT molecular complexity index is 635.